The molecule has 0 heterocycles. The van der Waals surface area contributed by atoms with Crippen LogP contribution in [0.3, 0.4) is 0 Å². The minimum Gasteiger partial charge on any atom is -1.00 e. The van der Waals surface area contributed by atoms with Gasteiger partial charge in [0.2, 0.25) is 0 Å². The molecule has 1 aliphatic rings. The van der Waals surface area contributed by atoms with E-state index >= 15 is 0 Å². The second-order valence-electron chi connectivity index (χ2n) is 7.95. The average Bonchev–Trinajstić information content (AvgIpc) is 3.18. The van der Waals surface area contributed by atoms with Gasteiger partial charge in [0.25, 0.3) is 0 Å². The van der Waals surface area contributed by atoms with E-state index in [1.807, 2.05) is 0 Å². The van der Waals surface area contributed by atoms with Gasteiger partial charge in [-0.15, -0.1) is 0 Å². The van der Waals surface area contributed by atoms with Crippen LogP contribution in [0.2, 0.25) is 3.34 Å². The first kappa shape index (κ1) is 29.0. The smallest absolute Gasteiger partial charge is 1.00 e. The summed E-state index contributed by atoms with van der Waals surface area (Å²) in [5.41, 5.74) is 1.57. The summed E-state index contributed by atoms with van der Waals surface area (Å²) in [6, 6.07) is 33.8. The fraction of sp³-hybridized carbons (Fsp3) is 0.185. The summed E-state index contributed by atoms with van der Waals surface area (Å²) in [6.07, 6.45) is 8.35. The molecule has 0 bridgehead atoms. The molecule has 164 valence electrons. The fourth-order valence-corrected chi connectivity index (χ4v) is 13.1. The fourth-order valence-electron chi connectivity index (χ4n) is 4.89. The first-order valence-electron chi connectivity index (χ1n) is 10.5. The van der Waals surface area contributed by atoms with Crippen LogP contribution in [0.25, 0.3) is 0 Å². The Bertz CT molecular complexity index is 926. The van der Waals surface area contributed by atoms with E-state index in [1.54, 1.807) is 5.57 Å². The van der Waals surface area contributed by atoms with Gasteiger partial charge in [0.1, 0.15) is 0 Å². The first-order chi connectivity index (χ1) is 14.1. The van der Waals surface area contributed by atoms with Crippen LogP contribution in [-0.4, -0.2) is 8.07 Å². The number of hydrogen-bond acceptors (Lipinski definition) is 0. The van der Waals surface area contributed by atoms with Crippen molar-refractivity contribution in [2.24, 2.45) is 5.92 Å². The van der Waals surface area contributed by atoms with E-state index in [9.17, 15) is 0 Å². The molecule has 32 heavy (non-hydrogen) atoms. The Morgan fingerprint density at radius 1 is 0.719 bits per heavy atom. The van der Waals surface area contributed by atoms with Crippen LogP contribution < -0.4 is 52.8 Å². The normalized spacial score (nSPS) is 17.9. The summed E-state index contributed by atoms with van der Waals surface area (Å²) in [6.45, 7) is 4.69. The molecule has 0 nitrogen and oxygen atoms in total. The van der Waals surface area contributed by atoms with Gasteiger partial charge >= 0.3 is 188 Å². The molecule has 0 saturated heterocycles. The summed E-state index contributed by atoms with van der Waals surface area (Å²) in [5.74, 6) is 0.554. The predicted octanol–water partition coefficient (Wildman–Crippen LogP) is -4.04. The minimum atomic E-state index is -2.41. The minimum absolute atomic E-state index is 0. The van der Waals surface area contributed by atoms with Crippen molar-refractivity contribution in [1.29, 1.82) is 0 Å². The molecule has 0 spiro atoms. The molecule has 3 aromatic carbocycles. The largest absolute Gasteiger partial charge is 1.00 e. The Hall–Kier alpha value is -1.06. The van der Waals surface area contributed by atoms with E-state index in [-0.39, 0.29) is 40.6 Å². The molecule has 0 radical (unpaired) electrons. The zero-order valence-corrected chi connectivity index (χ0v) is 23.1. The topological polar surface area (TPSA) is 0 Å². The Balaban J connectivity index is 0.00000171. The van der Waals surface area contributed by atoms with Crippen LogP contribution in [0, 0.1) is 5.92 Å². The SMILES string of the molecule is CCC(C)C1=CC=C[C]1([Ti+3])[Si](c1ccccc1)(c1ccccc1)c1ccccc1.[Cl-].[Cl-].[Cl-]. The Labute approximate surface area is 224 Å². The molecule has 0 fully saturated rings. The summed E-state index contributed by atoms with van der Waals surface area (Å²) in [7, 11) is -2.41. The zero-order chi connectivity index (χ0) is 20.3. The van der Waals surface area contributed by atoms with Gasteiger partial charge in [0, 0.05) is 0 Å². The third kappa shape index (κ3) is 4.75. The summed E-state index contributed by atoms with van der Waals surface area (Å²) < 4.78 is -0.0213. The summed E-state index contributed by atoms with van der Waals surface area (Å²) in [4.78, 5) is 0. The number of rotatable bonds is 6. The molecule has 0 aromatic heterocycles. The molecule has 2 atom stereocenters. The van der Waals surface area contributed by atoms with Crippen LogP contribution in [0.5, 0.6) is 0 Å². The van der Waals surface area contributed by atoms with Crippen LogP contribution >= 0.6 is 0 Å². The maximum atomic E-state index is 2.49. The van der Waals surface area contributed by atoms with Gasteiger partial charge in [-0.3, -0.25) is 0 Å². The van der Waals surface area contributed by atoms with Crippen molar-refractivity contribution in [2.45, 2.75) is 23.6 Å². The summed E-state index contributed by atoms with van der Waals surface area (Å²) in [5, 5.41) is 4.42. The van der Waals surface area contributed by atoms with Crippen molar-refractivity contribution in [1.82, 2.24) is 0 Å². The third-order valence-electron chi connectivity index (χ3n) is 6.43. The van der Waals surface area contributed by atoms with Crippen molar-refractivity contribution in [3.05, 3.63) is 115 Å². The molecular formula is C27H27Cl3SiTi. The van der Waals surface area contributed by atoms with E-state index in [1.165, 1.54) is 15.6 Å². The van der Waals surface area contributed by atoms with E-state index < -0.39 is 8.07 Å². The molecule has 0 N–H and O–H groups in total. The average molecular weight is 534 g/mol. The molecule has 2 unspecified atom stereocenters. The van der Waals surface area contributed by atoms with Crippen molar-refractivity contribution in [3.63, 3.8) is 0 Å². The number of allylic oxidation sites excluding steroid dienone is 4. The van der Waals surface area contributed by atoms with E-state index in [0.717, 1.165) is 6.42 Å². The quantitative estimate of drug-likeness (QED) is 0.224. The number of halogens is 3. The number of hydrogen-bond donors (Lipinski definition) is 0. The monoisotopic (exact) mass is 532 g/mol. The molecule has 5 heteroatoms. The summed E-state index contributed by atoms with van der Waals surface area (Å²) >= 11 is 2.49. The van der Waals surface area contributed by atoms with E-state index in [0.29, 0.717) is 5.92 Å². The van der Waals surface area contributed by atoms with Crippen molar-refractivity contribution >= 4 is 23.6 Å². The molecular weight excluding hydrogens is 507 g/mol. The Kier molecular flexibility index (Phi) is 11.2. The molecule has 1 aliphatic carbocycles. The maximum Gasteiger partial charge on any atom is -1.00 e. The third-order valence-corrected chi connectivity index (χ3v) is 14.1. The second kappa shape index (κ2) is 12.4. The molecule has 0 saturated carbocycles. The standard InChI is InChI=1S/C27H27Si.3ClH.Ti/c1-3-22(2)26-20-13-21-27(26)28(23-14-7-4-8-15-23,24-16-9-5-10-17-24)25-18-11-6-12-19-25;;;;/h4-22H,3H2,1-2H3;3*1H;/q;;;;+3/p-3. The van der Waals surface area contributed by atoms with Gasteiger partial charge < -0.3 is 37.2 Å². The van der Waals surface area contributed by atoms with Crippen LogP contribution in [0.4, 0.5) is 0 Å². The maximum absolute atomic E-state index is 2.49. The van der Waals surface area contributed by atoms with Gasteiger partial charge in [-0.25, -0.2) is 0 Å². The van der Waals surface area contributed by atoms with Crippen molar-refractivity contribution in [2.75, 3.05) is 0 Å². The Morgan fingerprint density at radius 3 is 1.44 bits per heavy atom. The van der Waals surface area contributed by atoms with Gasteiger partial charge in [0.05, 0.1) is 0 Å². The second-order valence-corrected chi connectivity index (χ2v) is 14.0. The number of benzene rings is 3. The van der Waals surface area contributed by atoms with Gasteiger partial charge in [-0.2, -0.15) is 0 Å². The van der Waals surface area contributed by atoms with Crippen molar-refractivity contribution in [3.8, 4) is 0 Å². The predicted molar refractivity (Wildman–Crippen MR) is 123 cm³/mol. The van der Waals surface area contributed by atoms with Crippen molar-refractivity contribution < 1.29 is 57.7 Å². The molecule has 0 amide bonds. The first-order valence-corrected chi connectivity index (χ1v) is 13.2. The van der Waals surface area contributed by atoms with Crippen LogP contribution in [0.1, 0.15) is 20.3 Å². The molecule has 0 aliphatic heterocycles. The van der Waals surface area contributed by atoms with Crippen LogP contribution in [0.15, 0.2) is 115 Å². The van der Waals surface area contributed by atoms with Gasteiger partial charge in [-0.1, -0.05) is 0 Å². The Morgan fingerprint density at radius 2 is 1.09 bits per heavy atom. The molecule has 3 aromatic rings. The van der Waals surface area contributed by atoms with E-state index in [4.69, 9.17) is 0 Å². The zero-order valence-electron chi connectivity index (χ0n) is 18.3. The van der Waals surface area contributed by atoms with Gasteiger partial charge in [-0.05, 0) is 0 Å². The molecule has 4 rings (SSSR count). The van der Waals surface area contributed by atoms with Gasteiger partial charge in [0.15, 0.2) is 0 Å². The van der Waals surface area contributed by atoms with E-state index in [2.05, 4.69) is 144 Å². The van der Waals surface area contributed by atoms with Crippen LogP contribution in [-0.2, 0) is 20.4 Å².